The largest absolute Gasteiger partial charge is 0.481 e. The number of hydrogen-bond donors (Lipinski definition) is 2. The van der Waals surface area contributed by atoms with E-state index in [1.54, 1.807) is 0 Å². The van der Waals surface area contributed by atoms with E-state index in [2.05, 4.69) is 74.5 Å². The molecule has 0 aromatic rings. The molecule has 0 aromatic carbocycles. The van der Waals surface area contributed by atoms with Gasteiger partial charge in [-0.25, -0.2) is 0 Å². The lowest BCUT2D eigenvalue weighted by molar-refractivity contribution is -0.158. The molecule has 3 aliphatic rings. The minimum atomic E-state index is -2.89. The van der Waals surface area contributed by atoms with Crippen molar-refractivity contribution in [1.82, 2.24) is 0 Å². The van der Waals surface area contributed by atoms with E-state index >= 15 is 0 Å². The number of aliphatic carboxylic acids is 1. The predicted octanol–water partition coefficient (Wildman–Crippen LogP) is 7.65. The Morgan fingerprint density at radius 3 is 1.93 bits per heavy atom. The molecule has 8 nitrogen and oxygen atoms in total. The second-order valence-electron chi connectivity index (χ2n) is 15.1. The molecule has 252 valence electrons. The average Bonchev–Trinajstić information content (AvgIpc) is 2.88. The van der Waals surface area contributed by atoms with E-state index in [-0.39, 0.29) is 64.3 Å². The van der Waals surface area contributed by atoms with Gasteiger partial charge in [0.1, 0.15) is 6.10 Å². The molecule has 2 N–H and O–H groups in total. The first kappa shape index (κ1) is 37.2. The quantitative estimate of drug-likeness (QED) is 0.173. The Hall–Kier alpha value is -1.31. The smallest absolute Gasteiger partial charge is 0.334 e. The summed E-state index contributed by atoms with van der Waals surface area (Å²) in [5.41, 5.74) is 1.66. The molecule has 7 atom stereocenters. The number of rotatable bonds is 11. The van der Waals surface area contributed by atoms with Crippen molar-refractivity contribution in [3.63, 3.8) is 0 Å². The lowest BCUT2D eigenvalue weighted by atomic mass is 9.66. The van der Waals surface area contributed by atoms with Gasteiger partial charge in [-0.2, -0.15) is 0 Å². The number of esters is 1. The summed E-state index contributed by atoms with van der Waals surface area (Å²) in [6, 6.07) is 0. The highest BCUT2D eigenvalue weighted by atomic mass is 28.5. The van der Waals surface area contributed by atoms with Crippen LogP contribution >= 0.6 is 0 Å². The lowest BCUT2D eigenvalue weighted by Gasteiger charge is -2.52. The molecule has 0 spiro atoms. The molecular weight excluding hydrogens is 593 g/mol. The Bertz CT molecular complexity index is 1040. The minimum Gasteiger partial charge on any atom is -0.481 e. The number of aliphatic hydroxyl groups is 1. The number of hydrogen-bond acceptors (Lipinski definition) is 7. The van der Waals surface area contributed by atoms with Crippen LogP contribution in [-0.4, -0.2) is 63.7 Å². The second-order valence-corrected chi connectivity index (χ2v) is 23.9. The zero-order valence-electron chi connectivity index (χ0n) is 29.0. The van der Waals surface area contributed by atoms with Crippen LogP contribution in [0, 0.1) is 23.7 Å². The van der Waals surface area contributed by atoms with Gasteiger partial charge in [-0.3, -0.25) is 9.59 Å². The fraction of sp³-hybridized carbons (Fsp3) is 0.824. The lowest BCUT2D eigenvalue weighted by Crippen LogP contribution is -2.64. The van der Waals surface area contributed by atoms with Crippen LogP contribution in [0.4, 0.5) is 0 Å². The van der Waals surface area contributed by atoms with Crippen molar-refractivity contribution in [2.24, 2.45) is 23.7 Å². The van der Waals surface area contributed by atoms with Gasteiger partial charge in [-0.05, 0) is 58.8 Å². The van der Waals surface area contributed by atoms with E-state index in [0.29, 0.717) is 12.8 Å². The number of carbonyl (C=O) groups is 2. The summed E-state index contributed by atoms with van der Waals surface area (Å²) in [5, 5.41) is 20.5. The number of aliphatic hydroxyl groups excluding tert-OH is 1. The minimum absolute atomic E-state index is 0.0175. The predicted molar refractivity (Wildman–Crippen MR) is 178 cm³/mol. The maximum absolute atomic E-state index is 12.7. The number of fused-ring (bicyclic) bond motifs is 1. The standard InChI is InChI=1S/C34H60O8Si2/c1-20(2)34(38)39-31-17-27(35)16-26-13-12-25(11)30(33(26)31)15-14-28-18-29(19-32(36)37)41-44(23(7)8,24(9)10)42-43(40-28,21(3)4)22(5)6/h12-13,16,20-25,27-31,33,35H,14-15,17-19H2,1-11H3,(H,36,37)/t25-,27+,28?,29?,30-,31-,33?/m0/s1. The van der Waals surface area contributed by atoms with Gasteiger partial charge in [0.2, 0.25) is 0 Å². The van der Waals surface area contributed by atoms with Crippen LogP contribution in [0.15, 0.2) is 23.8 Å². The summed E-state index contributed by atoms with van der Waals surface area (Å²) in [6.07, 6.45) is 6.75. The first-order valence-electron chi connectivity index (χ1n) is 17.0. The third-order valence-electron chi connectivity index (χ3n) is 10.1. The van der Waals surface area contributed by atoms with Crippen molar-refractivity contribution in [2.45, 2.75) is 155 Å². The van der Waals surface area contributed by atoms with Crippen LogP contribution in [0.3, 0.4) is 0 Å². The zero-order chi connectivity index (χ0) is 33.1. The molecule has 3 unspecified atom stereocenters. The number of allylic oxidation sites excluding steroid dienone is 2. The summed E-state index contributed by atoms with van der Waals surface area (Å²) in [5.74, 6) is -0.975. The van der Waals surface area contributed by atoms with Gasteiger partial charge >= 0.3 is 29.1 Å². The number of carboxylic acids is 1. The van der Waals surface area contributed by atoms with Crippen LogP contribution in [0.2, 0.25) is 22.2 Å². The van der Waals surface area contributed by atoms with Gasteiger partial charge < -0.3 is 27.9 Å². The highest BCUT2D eigenvalue weighted by Crippen LogP contribution is 2.49. The Kier molecular flexibility index (Phi) is 12.7. The first-order chi connectivity index (χ1) is 20.4. The van der Waals surface area contributed by atoms with Crippen molar-refractivity contribution in [2.75, 3.05) is 0 Å². The third-order valence-corrected chi connectivity index (χ3v) is 20.5. The summed E-state index contributed by atoms with van der Waals surface area (Å²) in [4.78, 5) is 24.8. The van der Waals surface area contributed by atoms with Gasteiger partial charge in [0.05, 0.1) is 24.5 Å². The SMILES string of the molecule is CC(C)C(=O)O[C@H]1C[C@H](O)C=C2C=C[C@H](C)[C@H](CCC3CC(CC(=O)O)O[Si](C(C)C)(C(C)C)O[Si](C(C)C)(C(C)C)O3)C21. The summed E-state index contributed by atoms with van der Waals surface area (Å²) >= 11 is 0. The molecule has 1 fully saturated rings. The van der Waals surface area contributed by atoms with E-state index in [9.17, 15) is 19.8 Å². The molecule has 1 aliphatic heterocycles. The van der Waals surface area contributed by atoms with E-state index in [1.807, 2.05) is 19.9 Å². The molecular formula is C34H60O8Si2. The molecule has 0 radical (unpaired) electrons. The van der Waals surface area contributed by atoms with E-state index in [4.69, 9.17) is 17.7 Å². The topological polar surface area (TPSA) is 112 Å². The Morgan fingerprint density at radius 1 is 0.886 bits per heavy atom. The fourth-order valence-corrected chi connectivity index (χ4v) is 19.0. The van der Waals surface area contributed by atoms with Gasteiger partial charge in [-0.1, -0.05) is 94.4 Å². The van der Waals surface area contributed by atoms with Crippen LogP contribution in [0.25, 0.3) is 0 Å². The molecule has 0 saturated carbocycles. The maximum Gasteiger partial charge on any atom is 0.334 e. The van der Waals surface area contributed by atoms with Crippen LogP contribution in [-0.2, 0) is 27.3 Å². The van der Waals surface area contributed by atoms with Crippen molar-refractivity contribution in [3.8, 4) is 0 Å². The molecule has 10 heteroatoms. The normalized spacial score (nSPS) is 32.0. The monoisotopic (exact) mass is 652 g/mol. The van der Waals surface area contributed by atoms with Gasteiger partial charge in [0, 0.05) is 18.4 Å². The summed E-state index contributed by atoms with van der Waals surface area (Å²) < 4.78 is 27.7. The fourth-order valence-electron chi connectivity index (χ4n) is 7.70. The van der Waals surface area contributed by atoms with Gasteiger partial charge in [0.25, 0.3) is 0 Å². The van der Waals surface area contributed by atoms with Crippen molar-refractivity contribution in [3.05, 3.63) is 23.8 Å². The molecule has 0 bridgehead atoms. The Balaban J connectivity index is 1.98. The molecule has 0 aromatic heterocycles. The van der Waals surface area contributed by atoms with Gasteiger partial charge in [0.15, 0.2) is 0 Å². The number of carbonyl (C=O) groups excluding carboxylic acids is 1. The van der Waals surface area contributed by atoms with E-state index in [0.717, 1.165) is 18.4 Å². The highest BCUT2D eigenvalue weighted by molar-refractivity contribution is 6.84. The maximum atomic E-state index is 12.7. The van der Waals surface area contributed by atoms with Crippen molar-refractivity contribution < 1.29 is 37.5 Å². The second kappa shape index (κ2) is 15.1. The van der Waals surface area contributed by atoms with Crippen LogP contribution in [0.1, 0.15) is 108 Å². The molecule has 3 rings (SSSR count). The molecule has 44 heavy (non-hydrogen) atoms. The zero-order valence-corrected chi connectivity index (χ0v) is 31.0. The van der Waals surface area contributed by atoms with Crippen LogP contribution in [0.5, 0.6) is 0 Å². The third kappa shape index (κ3) is 8.15. The Morgan fingerprint density at radius 2 is 1.43 bits per heavy atom. The number of carboxylic acid groups (broad SMARTS) is 1. The molecule has 0 amide bonds. The van der Waals surface area contributed by atoms with E-state index in [1.165, 1.54) is 0 Å². The average molecular weight is 653 g/mol. The van der Waals surface area contributed by atoms with Gasteiger partial charge in [-0.15, -0.1) is 0 Å². The molecule has 1 saturated heterocycles. The summed E-state index contributed by atoms with van der Waals surface area (Å²) in [7, 11) is -5.73. The Labute approximate surface area is 268 Å². The van der Waals surface area contributed by atoms with Crippen molar-refractivity contribution in [1.29, 1.82) is 0 Å². The first-order valence-corrected chi connectivity index (χ1v) is 20.9. The van der Waals surface area contributed by atoms with Crippen molar-refractivity contribution >= 4 is 29.1 Å². The van der Waals surface area contributed by atoms with E-state index < -0.39 is 41.4 Å². The highest BCUT2D eigenvalue weighted by Gasteiger charge is 2.59. The summed E-state index contributed by atoms with van der Waals surface area (Å²) in [6.45, 7) is 23.3. The number of ether oxygens (including phenoxy) is 1. The molecule has 1 heterocycles. The molecule has 2 aliphatic carbocycles. The van der Waals surface area contributed by atoms with Crippen LogP contribution < -0.4 is 0 Å².